The fraction of sp³-hybridized carbons (Fsp3) is 0.385. The number of nitrogens with one attached hydrogen (secondary N) is 1. The van der Waals surface area contributed by atoms with E-state index in [1.54, 1.807) is 32.0 Å². The Labute approximate surface area is 128 Å². The third kappa shape index (κ3) is 4.37. The van der Waals surface area contributed by atoms with Gasteiger partial charge >= 0.3 is 0 Å². The SMILES string of the molecule is CCN(CC(=O)Nc1c(Cl)cccc1Cl)C(=O)[C@@H](C)N. The van der Waals surface area contributed by atoms with E-state index >= 15 is 0 Å². The smallest absolute Gasteiger partial charge is 0.244 e. The van der Waals surface area contributed by atoms with Crippen LogP contribution in [0.3, 0.4) is 0 Å². The van der Waals surface area contributed by atoms with Gasteiger partial charge in [-0.05, 0) is 26.0 Å². The highest BCUT2D eigenvalue weighted by atomic mass is 35.5. The average Bonchev–Trinajstić information content (AvgIpc) is 2.39. The van der Waals surface area contributed by atoms with Gasteiger partial charge in [-0.1, -0.05) is 29.3 Å². The Morgan fingerprint density at radius 2 is 1.90 bits per heavy atom. The number of hydrogen-bond donors (Lipinski definition) is 2. The number of amides is 2. The molecule has 1 atom stereocenters. The number of nitrogens with two attached hydrogens (primary N) is 1. The lowest BCUT2D eigenvalue weighted by Crippen LogP contribution is -2.45. The highest BCUT2D eigenvalue weighted by Gasteiger charge is 2.19. The van der Waals surface area contributed by atoms with Crippen molar-refractivity contribution in [2.45, 2.75) is 19.9 Å². The minimum atomic E-state index is -0.647. The number of hydrogen-bond acceptors (Lipinski definition) is 3. The summed E-state index contributed by atoms with van der Waals surface area (Å²) in [6, 6.07) is 4.27. The maximum absolute atomic E-state index is 12.0. The summed E-state index contributed by atoms with van der Waals surface area (Å²) in [7, 11) is 0. The Hall–Kier alpha value is -1.30. The molecule has 20 heavy (non-hydrogen) atoms. The minimum Gasteiger partial charge on any atom is -0.332 e. The summed E-state index contributed by atoms with van der Waals surface area (Å²) in [5, 5.41) is 3.28. The van der Waals surface area contributed by atoms with Gasteiger partial charge in [-0.3, -0.25) is 9.59 Å². The number of anilines is 1. The first-order valence-electron chi connectivity index (χ1n) is 6.15. The molecule has 1 aromatic rings. The minimum absolute atomic E-state index is 0.0988. The van der Waals surface area contributed by atoms with Crippen molar-refractivity contribution >= 4 is 40.7 Å². The fourth-order valence-corrected chi connectivity index (χ4v) is 2.10. The summed E-state index contributed by atoms with van der Waals surface area (Å²) in [4.78, 5) is 25.1. The summed E-state index contributed by atoms with van der Waals surface area (Å²) in [5.41, 5.74) is 5.86. The highest BCUT2D eigenvalue weighted by molar-refractivity contribution is 6.39. The first-order chi connectivity index (χ1) is 9.36. The molecule has 0 aliphatic heterocycles. The highest BCUT2D eigenvalue weighted by Crippen LogP contribution is 2.29. The van der Waals surface area contributed by atoms with Gasteiger partial charge in [0.15, 0.2) is 0 Å². The van der Waals surface area contributed by atoms with E-state index in [2.05, 4.69) is 5.32 Å². The van der Waals surface area contributed by atoms with Gasteiger partial charge in [-0.2, -0.15) is 0 Å². The largest absolute Gasteiger partial charge is 0.332 e. The number of halogens is 2. The molecule has 0 aromatic heterocycles. The molecule has 0 saturated carbocycles. The van der Waals surface area contributed by atoms with Crippen LogP contribution in [0.25, 0.3) is 0 Å². The van der Waals surface area contributed by atoms with Crippen LogP contribution in [0.5, 0.6) is 0 Å². The summed E-state index contributed by atoms with van der Waals surface area (Å²) >= 11 is 11.9. The Balaban J connectivity index is 2.74. The summed E-state index contributed by atoms with van der Waals surface area (Å²) in [6.45, 7) is 3.65. The number of carbonyl (C=O) groups excluding carboxylic acids is 2. The van der Waals surface area contributed by atoms with E-state index in [1.165, 1.54) is 4.90 Å². The van der Waals surface area contributed by atoms with Crippen LogP contribution in [0.2, 0.25) is 10.0 Å². The second-order valence-corrected chi connectivity index (χ2v) is 5.10. The van der Waals surface area contributed by atoms with Crippen molar-refractivity contribution in [3.05, 3.63) is 28.2 Å². The van der Waals surface area contributed by atoms with Crippen molar-refractivity contribution in [1.29, 1.82) is 0 Å². The Morgan fingerprint density at radius 3 is 2.35 bits per heavy atom. The zero-order valence-corrected chi connectivity index (χ0v) is 12.8. The molecule has 0 aliphatic carbocycles. The van der Waals surface area contributed by atoms with E-state index in [0.29, 0.717) is 22.3 Å². The summed E-state index contributed by atoms with van der Waals surface area (Å²) in [6.07, 6.45) is 0. The molecule has 0 saturated heterocycles. The second kappa shape index (κ2) is 7.47. The third-order valence-corrected chi connectivity index (χ3v) is 3.27. The Bertz CT molecular complexity index is 486. The van der Waals surface area contributed by atoms with E-state index in [0.717, 1.165) is 0 Å². The molecule has 1 rings (SSSR count). The second-order valence-electron chi connectivity index (χ2n) is 4.29. The number of carbonyl (C=O) groups is 2. The van der Waals surface area contributed by atoms with Gasteiger partial charge in [0.25, 0.3) is 0 Å². The number of rotatable bonds is 5. The maximum Gasteiger partial charge on any atom is 0.244 e. The van der Waals surface area contributed by atoms with Crippen molar-refractivity contribution < 1.29 is 9.59 Å². The van der Waals surface area contributed by atoms with Crippen molar-refractivity contribution in [2.24, 2.45) is 5.73 Å². The van der Waals surface area contributed by atoms with Gasteiger partial charge in [0.05, 0.1) is 28.3 Å². The Morgan fingerprint density at radius 1 is 1.35 bits per heavy atom. The molecular formula is C13H17Cl2N3O2. The molecule has 110 valence electrons. The van der Waals surface area contributed by atoms with Crippen LogP contribution < -0.4 is 11.1 Å². The van der Waals surface area contributed by atoms with E-state index in [-0.39, 0.29) is 18.4 Å². The monoisotopic (exact) mass is 317 g/mol. The molecule has 0 aliphatic rings. The fourth-order valence-electron chi connectivity index (χ4n) is 1.60. The molecule has 1 aromatic carbocycles. The van der Waals surface area contributed by atoms with Crippen molar-refractivity contribution in [2.75, 3.05) is 18.4 Å². The average molecular weight is 318 g/mol. The van der Waals surface area contributed by atoms with Crippen LogP contribution in [0, 0.1) is 0 Å². The lowest BCUT2D eigenvalue weighted by molar-refractivity contribution is -0.135. The quantitative estimate of drug-likeness (QED) is 0.873. The van der Waals surface area contributed by atoms with Crippen molar-refractivity contribution in [3.8, 4) is 0 Å². The maximum atomic E-state index is 12.0. The molecule has 0 spiro atoms. The van der Waals surface area contributed by atoms with Gasteiger partial charge < -0.3 is 16.0 Å². The molecule has 5 nitrogen and oxygen atoms in total. The van der Waals surface area contributed by atoms with E-state index in [4.69, 9.17) is 28.9 Å². The van der Waals surface area contributed by atoms with Crippen LogP contribution in [0.15, 0.2) is 18.2 Å². The first-order valence-corrected chi connectivity index (χ1v) is 6.90. The molecule has 0 unspecified atom stereocenters. The number of nitrogens with zero attached hydrogens (tertiary/aromatic N) is 1. The molecule has 0 radical (unpaired) electrons. The standard InChI is InChI=1S/C13H17Cl2N3O2/c1-3-18(13(20)8(2)16)7-11(19)17-12-9(14)5-4-6-10(12)15/h4-6,8H,3,7,16H2,1-2H3,(H,17,19)/t8-/m1/s1. The van der Waals surface area contributed by atoms with Crippen LogP contribution in [0.1, 0.15) is 13.8 Å². The van der Waals surface area contributed by atoms with Gasteiger partial charge in [-0.25, -0.2) is 0 Å². The molecular weight excluding hydrogens is 301 g/mol. The van der Waals surface area contributed by atoms with E-state index < -0.39 is 6.04 Å². The van der Waals surface area contributed by atoms with Crippen LogP contribution in [0.4, 0.5) is 5.69 Å². The molecule has 2 amide bonds. The van der Waals surface area contributed by atoms with Crippen molar-refractivity contribution in [1.82, 2.24) is 4.90 Å². The predicted molar refractivity (Wildman–Crippen MR) is 81.0 cm³/mol. The zero-order chi connectivity index (χ0) is 15.3. The molecule has 0 heterocycles. The van der Waals surface area contributed by atoms with Gasteiger partial charge in [-0.15, -0.1) is 0 Å². The van der Waals surface area contributed by atoms with Gasteiger partial charge in [0.1, 0.15) is 0 Å². The topological polar surface area (TPSA) is 75.4 Å². The van der Waals surface area contributed by atoms with Gasteiger partial charge in [0.2, 0.25) is 11.8 Å². The zero-order valence-electron chi connectivity index (χ0n) is 11.3. The molecule has 0 bridgehead atoms. The number of para-hydroxylation sites is 1. The van der Waals surface area contributed by atoms with Gasteiger partial charge in [0, 0.05) is 6.54 Å². The number of likely N-dealkylation sites (N-methyl/N-ethyl adjacent to an activating group) is 1. The summed E-state index contributed by atoms with van der Waals surface area (Å²) in [5.74, 6) is -0.663. The van der Waals surface area contributed by atoms with Crippen LogP contribution >= 0.6 is 23.2 Å². The van der Waals surface area contributed by atoms with E-state index in [9.17, 15) is 9.59 Å². The molecule has 0 fully saturated rings. The van der Waals surface area contributed by atoms with Crippen LogP contribution in [-0.2, 0) is 9.59 Å². The Kier molecular flexibility index (Phi) is 6.26. The molecule has 7 heteroatoms. The number of benzene rings is 1. The first kappa shape index (κ1) is 16.8. The normalized spacial score (nSPS) is 11.8. The lowest BCUT2D eigenvalue weighted by Gasteiger charge is -2.22. The third-order valence-electron chi connectivity index (χ3n) is 2.64. The lowest BCUT2D eigenvalue weighted by atomic mass is 10.3. The van der Waals surface area contributed by atoms with Crippen molar-refractivity contribution in [3.63, 3.8) is 0 Å². The molecule has 3 N–H and O–H groups in total. The van der Waals surface area contributed by atoms with E-state index in [1.807, 2.05) is 0 Å². The summed E-state index contributed by atoms with van der Waals surface area (Å²) < 4.78 is 0. The van der Waals surface area contributed by atoms with Crippen LogP contribution in [-0.4, -0.2) is 35.8 Å². The predicted octanol–water partition coefficient (Wildman–Crippen LogP) is 2.13.